The molecule has 0 bridgehead atoms. The van der Waals surface area contributed by atoms with E-state index < -0.39 is 23.8 Å². The van der Waals surface area contributed by atoms with Crippen LogP contribution in [-0.4, -0.2) is 41.0 Å². The first-order valence-electron chi connectivity index (χ1n) is 12.6. The second-order valence-electron chi connectivity index (χ2n) is 10.5. The average Bonchev–Trinajstić information content (AvgIpc) is 2.78. The second kappa shape index (κ2) is 12.6. The second-order valence-corrected chi connectivity index (χ2v) is 10.5. The minimum atomic E-state index is -0.876. The van der Waals surface area contributed by atoms with Gasteiger partial charge in [-0.1, -0.05) is 69.3 Å². The van der Waals surface area contributed by atoms with Gasteiger partial charge in [-0.05, 0) is 63.6 Å². The molecule has 0 aromatic heterocycles. The standard InChI is InChI=1S/C29H41N3O4/c1-9-18-32(27(34)23(19(2)3)31-28(35)36-29(6,7)8)25(22-16-11-10-12-17-22)26(33)30-24-20(4)14-13-15-21(24)5/h10-17,19,23,25H,9,18H2,1-8H3,(H,30,33)(H,31,35). The number of carbonyl (C=O) groups is 3. The SMILES string of the molecule is CCCN(C(=O)C(NC(=O)OC(C)(C)C)C(C)C)C(C(=O)Nc1c(C)cccc1C)c1ccccc1. The molecule has 0 fully saturated rings. The number of para-hydroxylation sites is 1. The van der Waals surface area contributed by atoms with Crippen LogP contribution >= 0.6 is 0 Å². The maximum absolute atomic E-state index is 14.0. The van der Waals surface area contributed by atoms with Gasteiger partial charge in [-0.3, -0.25) is 9.59 Å². The zero-order valence-electron chi connectivity index (χ0n) is 22.8. The molecule has 2 rings (SSSR count). The van der Waals surface area contributed by atoms with Crippen molar-refractivity contribution in [1.29, 1.82) is 0 Å². The molecule has 2 aromatic carbocycles. The number of benzene rings is 2. The molecule has 2 aromatic rings. The summed E-state index contributed by atoms with van der Waals surface area (Å²) < 4.78 is 5.41. The summed E-state index contributed by atoms with van der Waals surface area (Å²) in [5, 5.41) is 5.81. The zero-order valence-corrected chi connectivity index (χ0v) is 22.8. The zero-order chi connectivity index (χ0) is 27.0. The molecule has 7 nitrogen and oxygen atoms in total. The molecule has 0 aliphatic carbocycles. The Morgan fingerprint density at radius 3 is 2.03 bits per heavy atom. The fourth-order valence-corrected chi connectivity index (χ4v) is 4.05. The predicted octanol–water partition coefficient (Wildman–Crippen LogP) is 5.77. The van der Waals surface area contributed by atoms with Crippen molar-refractivity contribution in [3.05, 3.63) is 65.2 Å². The van der Waals surface area contributed by atoms with Crippen molar-refractivity contribution in [2.24, 2.45) is 5.92 Å². The van der Waals surface area contributed by atoms with Crippen LogP contribution in [0.3, 0.4) is 0 Å². The first kappa shape index (κ1) is 28.9. The van der Waals surface area contributed by atoms with Gasteiger partial charge in [0.1, 0.15) is 17.7 Å². The Labute approximate surface area is 215 Å². The summed E-state index contributed by atoms with van der Waals surface area (Å²) in [6, 6.07) is 13.3. The molecule has 2 unspecified atom stereocenters. The smallest absolute Gasteiger partial charge is 0.408 e. The first-order chi connectivity index (χ1) is 16.9. The number of anilines is 1. The Bertz CT molecular complexity index is 1020. The van der Waals surface area contributed by atoms with E-state index in [1.165, 1.54) is 0 Å². The van der Waals surface area contributed by atoms with Crippen LogP contribution in [0, 0.1) is 19.8 Å². The van der Waals surface area contributed by atoms with E-state index in [0.717, 1.165) is 16.8 Å². The highest BCUT2D eigenvalue weighted by atomic mass is 16.6. The molecule has 0 saturated carbocycles. The minimum absolute atomic E-state index is 0.220. The Morgan fingerprint density at radius 1 is 0.944 bits per heavy atom. The number of nitrogens with zero attached hydrogens (tertiary/aromatic N) is 1. The maximum Gasteiger partial charge on any atom is 0.408 e. The van der Waals surface area contributed by atoms with Crippen molar-refractivity contribution >= 4 is 23.6 Å². The first-order valence-corrected chi connectivity index (χ1v) is 12.6. The molecule has 2 atom stereocenters. The van der Waals surface area contributed by atoms with Crippen LogP contribution in [0.4, 0.5) is 10.5 Å². The van der Waals surface area contributed by atoms with Gasteiger partial charge in [-0.15, -0.1) is 0 Å². The summed E-state index contributed by atoms with van der Waals surface area (Å²) in [5.74, 6) is -0.856. The van der Waals surface area contributed by atoms with E-state index in [1.54, 1.807) is 25.7 Å². The van der Waals surface area contributed by atoms with Gasteiger partial charge in [-0.25, -0.2) is 4.79 Å². The lowest BCUT2D eigenvalue weighted by molar-refractivity contribution is -0.141. The molecule has 2 N–H and O–H groups in total. The number of ether oxygens (including phenoxy) is 1. The van der Waals surface area contributed by atoms with Crippen molar-refractivity contribution in [3.8, 4) is 0 Å². The van der Waals surface area contributed by atoms with Gasteiger partial charge in [0.15, 0.2) is 0 Å². The molecule has 3 amide bonds. The molecule has 7 heteroatoms. The third kappa shape index (κ3) is 7.83. The predicted molar refractivity (Wildman–Crippen MR) is 144 cm³/mol. The topological polar surface area (TPSA) is 87.7 Å². The number of rotatable bonds is 9. The van der Waals surface area contributed by atoms with Gasteiger partial charge in [0.05, 0.1) is 0 Å². The lowest BCUT2D eigenvalue weighted by Crippen LogP contribution is -2.54. The summed E-state index contributed by atoms with van der Waals surface area (Å²) in [7, 11) is 0. The van der Waals surface area contributed by atoms with Crippen LogP contribution in [0.15, 0.2) is 48.5 Å². The number of hydrogen-bond acceptors (Lipinski definition) is 4. The number of aryl methyl sites for hydroxylation is 2. The van der Waals surface area contributed by atoms with Crippen LogP contribution in [0.1, 0.15) is 70.7 Å². The average molecular weight is 496 g/mol. The lowest BCUT2D eigenvalue weighted by Gasteiger charge is -2.35. The van der Waals surface area contributed by atoms with Crippen LogP contribution in [0.2, 0.25) is 0 Å². The Kier molecular flexibility index (Phi) is 10.1. The molecule has 0 saturated heterocycles. The van der Waals surface area contributed by atoms with Crippen molar-refractivity contribution in [3.63, 3.8) is 0 Å². The van der Waals surface area contributed by atoms with Gasteiger partial charge >= 0.3 is 6.09 Å². The molecule has 196 valence electrons. The number of alkyl carbamates (subject to hydrolysis) is 1. The molecular weight excluding hydrogens is 454 g/mol. The Balaban J connectivity index is 2.48. The highest BCUT2D eigenvalue weighted by Gasteiger charge is 2.37. The monoisotopic (exact) mass is 495 g/mol. The van der Waals surface area contributed by atoms with E-state index in [-0.39, 0.29) is 17.7 Å². The largest absolute Gasteiger partial charge is 0.444 e. The van der Waals surface area contributed by atoms with Crippen molar-refractivity contribution in [2.75, 3.05) is 11.9 Å². The molecule has 0 radical (unpaired) electrons. The Hall–Kier alpha value is -3.35. The Morgan fingerprint density at radius 2 is 1.53 bits per heavy atom. The summed E-state index contributed by atoms with van der Waals surface area (Å²) >= 11 is 0. The van der Waals surface area contributed by atoms with Gasteiger partial charge in [0, 0.05) is 12.2 Å². The third-order valence-electron chi connectivity index (χ3n) is 5.76. The van der Waals surface area contributed by atoms with E-state index in [2.05, 4.69) is 10.6 Å². The van der Waals surface area contributed by atoms with Crippen molar-refractivity contribution in [1.82, 2.24) is 10.2 Å². The fourth-order valence-electron chi connectivity index (χ4n) is 4.05. The van der Waals surface area contributed by atoms with E-state index in [0.29, 0.717) is 18.5 Å². The summed E-state index contributed by atoms with van der Waals surface area (Å²) in [6.07, 6.45) is -0.0227. The molecular formula is C29H41N3O4. The van der Waals surface area contributed by atoms with E-state index in [4.69, 9.17) is 4.74 Å². The van der Waals surface area contributed by atoms with Crippen molar-refractivity contribution < 1.29 is 19.1 Å². The van der Waals surface area contributed by atoms with Crippen LogP contribution < -0.4 is 10.6 Å². The molecule has 0 aliphatic rings. The molecule has 36 heavy (non-hydrogen) atoms. The van der Waals surface area contributed by atoms with Crippen LogP contribution in [0.5, 0.6) is 0 Å². The highest BCUT2D eigenvalue weighted by Crippen LogP contribution is 2.27. The number of hydrogen-bond donors (Lipinski definition) is 2. The fraction of sp³-hybridized carbons (Fsp3) is 0.483. The van der Waals surface area contributed by atoms with E-state index in [1.807, 2.05) is 83.1 Å². The van der Waals surface area contributed by atoms with E-state index >= 15 is 0 Å². The highest BCUT2D eigenvalue weighted by molar-refractivity contribution is 5.99. The minimum Gasteiger partial charge on any atom is -0.444 e. The number of amides is 3. The van der Waals surface area contributed by atoms with Gasteiger partial charge in [0.25, 0.3) is 5.91 Å². The van der Waals surface area contributed by atoms with Crippen LogP contribution in [0.25, 0.3) is 0 Å². The van der Waals surface area contributed by atoms with Gasteiger partial charge in [0.2, 0.25) is 5.91 Å². The summed E-state index contributed by atoms with van der Waals surface area (Å²) in [5.41, 5.74) is 2.61. The number of carbonyl (C=O) groups excluding carboxylic acids is 3. The maximum atomic E-state index is 14.0. The molecule has 0 aliphatic heterocycles. The van der Waals surface area contributed by atoms with Crippen molar-refractivity contribution in [2.45, 2.75) is 79.5 Å². The number of nitrogens with one attached hydrogen (secondary N) is 2. The molecule has 0 spiro atoms. The normalized spacial score (nSPS) is 13.0. The lowest BCUT2D eigenvalue weighted by atomic mass is 9.98. The van der Waals surface area contributed by atoms with Crippen LogP contribution in [-0.2, 0) is 14.3 Å². The summed E-state index contributed by atoms with van der Waals surface area (Å²) in [4.78, 5) is 41.9. The summed E-state index contributed by atoms with van der Waals surface area (Å²) in [6.45, 7) is 15.2. The third-order valence-corrected chi connectivity index (χ3v) is 5.76. The van der Waals surface area contributed by atoms with E-state index in [9.17, 15) is 14.4 Å². The van der Waals surface area contributed by atoms with Gasteiger partial charge in [-0.2, -0.15) is 0 Å². The van der Waals surface area contributed by atoms with Gasteiger partial charge < -0.3 is 20.3 Å². The molecule has 0 heterocycles. The quantitative estimate of drug-likeness (QED) is 0.462.